The molecule has 1 N–H and O–H groups in total. The van der Waals surface area contributed by atoms with Crippen molar-refractivity contribution >= 4 is 5.96 Å². The van der Waals surface area contributed by atoms with Gasteiger partial charge in [-0.15, -0.1) is 6.58 Å². The Morgan fingerprint density at radius 1 is 1.52 bits per heavy atom. The Kier molecular flexibility index (Phi) is 9.91. The number of ether oxygens (including phenoxy) is 2. The lowest BCUT2D eigenvalue weighted by atomic mass is 10.2. The lowest BCUT2D eigenvalue weighted by Crippen LogP contribution is -2.40. The van der Waals surface area contributed by atoms with Gasteiger partial charge in [0, 0.05) is 40.4 Å². The molecule has 0 aromatic carbocycles. The lowest BCUT2D eigenvalue weighted by molar-refractivity contribution is 0.0168. The van der Waals surface area contributed by atoms with Crippen LogP contribution < -0.4 is 5.32 Å². The van der Waals surface area contributed by atoms with Crippen LogP contribution in [0.25, 0.3) is 0 Å². The lowest BCUT2D eigenvalue weighted by Gasteiger charge is -2.21. The number of guanidine groups is 1. The Bertz CT molecular complexity index is 302. The molecule has 0 amide bonds. The van der Waals surface area contributed by atoms with E-state index in [0.717, 1.165) is 64.6 Å². The van der Waals surface area contributed by atoms with E-state index in [9.17, 15) is 0 Å². The third kappa shape index (κ3) is 8.07. The van der Waals surface area contributed by atoms with E-state index in [1.54, 1.807) is 0 Å². The molecular formula is C16H31N3O2. The third-order valence-corrected chi connectivity index (χ3v) is 3.55. The van der Waals surface area contributed by atoms with Gasteiger partial charge in [-0.05, 0) is 32.1 Å². The molecule has 1 aliphatic rings. The molecular weight excluding hydrogens is 266 g/mol. The first-order valence-corrected chi connectivity index (χ1v) is 8.00. The van der Waals surface area contributed by atoms with Crippen LogP contribution in [0.4, 0.5) is 0 Å². The average molecular weight is 297 g/mol. The molecule has 1 atom stereocenters. The number of rotatable bonds is 10. The summed E-state index contributed by atoms with van der Waals surface area (Å²) in [5, 5.41) is 3.36. The van der Waals surface area contributed by atoms with E-state index < -0.39 is 0 Å². The maximum Gasteiger partial charge on any atom is 0.193 e. The van der Waals surface area contributed by atoms with Crippen molar-refractivity contribution in [3.05, 3.63) is 12.7 Å². The summed E-state index contributed by atoms with van der Waals surface area (Å²) in [7, 11) is 3.88. The van der Waals surface area contributed by atoms with E-state index in [1.165, 1.54) is 6.42 Å². The molecule has 1 unspecified atom stereocenters. The number of aliphatic imine (C=N–C) groups is 1. The van der Waals surface area contributed by atoms with Gasteiger partial charge in [-0.25, -0.2) is 0 Å². The maximum absolute atomic E-state index is 5.64. The molecule has 1 fully saturated rings. The fourth-order valence-corrected chi connectivity index (χ4v) is 2.33. The molecule has 5 nitrogen and oxygen atoms in total. The fraction of sp³-hybridized carbons (Fsp3) is 0.812. The van der Waals surface area contributed by atoms with Crippen LogP contribution in [0, 0.1) is 0 Å². The molecule has 5 heteroatoms. The van der Waals surface area contributed by atoms with E-state index in [2.05, 4.69) is 28.8 Å². The molecule has 0 spiro atoms. The van der Waals surface area contributed by atoms with Crippen LogP contribution in [-0.4, -0.2) is 64.0 Å². The Morgan fingerprint density at radius 2 is 2.38 bits per heavy atom. The molecule has 0 aromatic heterocycles. The standard InChI is InChI=1S/C16H31N3O2/c1-4-5-6-11-19(3)16(17-2)18-10-8-12-20-14-15-9-7-13-21-15/h4,15H,1,5-14H2,2-3H3,(H,17,18). The molecule has 0 bridgehead atoms. The summed E-state index contributed by atoms with van der Waals surface area (Å²) in [5.74, 6) is 0.943. The summed E-state index contributed by atoms with van der Waals surface area (Å²) in [6, 6.07) is 0. The van der Waals surface area contributed by atoms with Crippen LogP contribution in [0.3, 0.4) is 0 Å². The van der Waals surface area contributed by atoms with Crippen molar-refractivity contribution in [2.24, 2.45) is 4.99 Å². The van der Waals surface area contributed by atoms with Gasteiger partial charge in [0.2, 0.25) is 0 Å². The summed E-state index contributed by atoms with van der Waals surface area (Å²) < 4.78 is 11.2. The molecule has 0 saturated carbocycles. The van der Waals surface area contributed by atoms with Crippen LogP contribution in [-0.2, 0) is 9.47 Å². The normalized spacial score (nSPS) is 18.8. The molecule has 1 saturated heterocycles. The van der Waals surface area contributed by atoms with Gasteiger partial charge in [0.1, 0.15) is 0 Å². The molecule has 122 valence electrons. The Labute approximate surface area is 129 Å². The summed E-state index contributed by atoms with van der Waals surface area (Å²) in [6.45, 7) is 8.00. The van der Waals surface area contributed by atoms with Crippen molar-refractivity contribution in [3.63, 3.8) is 0 Å². The Hall–Kier alpha value is -1.07. The first-order valence-electron chi connectivity index (χ1n) is 8.00. The number of nitrogens with zero attached hydrogens (tertiary/aromatic N) is 2. The highest BCUT2D eigenvalue weighted by Crippen LogP contribution is 2.11. The van der Waals surface area contributed by atoms with E-state index in [0.29, 0.717) is 6.10 Å². The fourth-order valence-electron chi connectivity index (χ4n) is 2.33. The Balaban J connectivity index is 2.01. The number of hydrogen-bond acceptors (Lipinski definition) is 3. The number of hydrogen-bond donors (Lipinski definition) is 1. The van der Waals surface area contributed by atoms with Crippen LogP contribution in [0.15, 0.2) is 17.6 Å². The van der Waals surface area contributed by atoms with Crippen molar-refractivity contribution in [1.29, 1.82) is 0 Å². The molecule has 1 aliphatic heterocycles. The van der Waals surface area contributed by atoms with E-state index in [4.69, 9.17) is 9.47 Å². The number of unbranched alkanes of at least 4 members (excludes halogenated alkanes) is 1. The summed E-state index contributed by atoms with van der Waals surface area (Å²) in [4.78, 5) is 6.44. The zero-order valence-corrected chi connectivity index (χ0v) is 13.6. The predicted molar refractivity (Wildman–Crippen MR) is 87.8 cm³/mol. The van der Waals surface area contributed by atoms with Gasteiger partial charge in [0.15, 0.2) is 5.96 Å². The highest BCUT2D eigenvalue weighted by atomic mass is 16.5. The van der Waals surface area contributed by atoms with E-state index in [-0.39, 0.29) is 0 Å². The largest absolute Gasteiger partial charge is 0.379 e. The SMILES string of the molecule is C=CCCCN(C)C(=NC)NCCCOCC1CCCO1. The Morgan fingerprint density at radius 3 is 3.05 bits per heavy atom. The minimum atomic E-state index is 0.321. The van der Waals surface area contributed by atoms with Crippen molar-refractivity contribution in [2.45, 2.75) is 38.2 Å². The topological polar surface area (TPSA) is 46.1 Å². The van der Waals surface area contributed by atoms with Gasteiger partial charge in [0.25, 0.3) is 0 Å². The van der Waals surface area contributed by atoms with Crippen molar-refractivity contribution in [1.82, 2.24) is 10.2 Å². The molecule has 21 heavy (non-hydrogen) atoms. The molecule has 1 heterocycles. The van der Waals surface area contributed by atoms with Crippen molar-refractivity contribution < 1.29 is 9.47 Å². The van der Waals surface area contributed by atoms with Crippen LogP contribution >= 0.6 is 0 Å². The van der Waals surface area contributed by atoms with E-state index in [1.807, 2.05) is 13.1 Å². The zero-order chi connectivity index (χ0) is 15.3. The van der Waals surface area contributed by atoms with Crippen LogP contribution in [0.1, 0.15) is 32.1 Å². The van der Waals surface area contributed by atoms with Gasteiger partial charge in [0.05, 0.1) is 12.7 Å². The smallest absolute Gasteiger partial charge is 0.193 e. The number of allylic oxidation sites excluding steroid dienone is 1. The van der Waals surface area contributed by atoms with Gasteiger partial charge >= 0.3 is 0 Å². The molecule has 0 aromatic rings. The summed E-state index contributed by atoms with van der Waals surface area (Å²) in [6.07, 6.45) is 7.71. The molecule has 0 aliphatic carbocycles. The monoisotopic (exact) mass is 297 g/mol. The summed E-state index contributed by atoms with van der Waals surface area (Å²) in [5.41, 5.74) is 0. The second-order valence-electron chi connectivity index (χ2n) is 5.39. The minimum Gasteiger partial charge on any atom is -0.379 e. The maximum atomic E-state index is 5.64. The molecule has 0 radical (unpaired) electrons. The van der Waals surface area contributed by atoms with Gasteiger partial charge in [-0.2, -0.15) is 0 Å². The average Bonchev–Trinajstić information content (AvgIpc) is 3.00. The zero-order valence-electron chi connectivity index (χ0n) is 13.6. The van der Waals surface area contributed by atoms with E-state index >= 15 is 0 Å². The van der Waals surface area contributed by atoms with Gasteiger partial charge in [-0.1, -0.05) is 6.08 Å². The second kappa shape index (κ2) is 11.6. The van der Waals surface area contributed by atoms with Crippen molar-refractivity contribution in [2.75, 3.05) is 47.0 Å². The minimum absolute atomic E-state index is 0.321. The predicted octanol–water partition coefficient (Wildman–Crippen LogP) is 2.05. The first kappa shape index (κ1) is 18.0. The first-order chi connectivity index (χ1) is 10.3. The quantitative estimate of drug-likeness (QED) is 0.290. The van der Waals surface area contributed by atoms with Gasteiger partial charge < -0.3 is 19.7 Å². The van der Waals surface area contributed by atoms with Gasteiger partial charge in [-0.3, -0.25) is 4.99 Å². The van der Waals surface area contributed by atoms with Crippen LogP contribution in [0.2, 0.25) is 0 Å². The second-order valence-corrected chi connectivity index (χ2v) is 5.39. The summed E-state index contributed by atoms with van der Waals surface area (Å²) >= 11 is 0. The molecule has 1 rings (SSSR count). The number of nitrogens with one attached hydrogen (secondary N) is 1. The highest BCUT2D eigenvalue weighted by Gasteiger charge is 2.14. The highest BCUT2D eigenvalue weighted by molar-refractivity contribution is 5.79. The van der Waals surface area contributed by atoms with Crippen LogP contribution in [0.5, 0.6) is 0 Å². The third-order valence-electron chi connectivity index (χ3n) is 3.55. The van der Waals surface area contributed by atoms with Crippen molar-refractivity contribution in [3.8, 4) is 0 Å².